The van der Waals surface area contributed by atoms with E-state index < -0.39 is 29.4 Å². The predicted molar refractivity (Wildman–Crippen MR) is 115 cm³/mol. The number of benzene rings is 2. The number of amides is 3. The van der Waals surface area contributed by atoms with Gasteiger partial charge in [0.15, 0.2) is 0 Å². The van der Waals surface area contributed by atoms with Gasteiger partial charge in [0.05, 0.1) is 17.0 Å². The Kier molecular flexibility index (Phi) is 6.10. The molecule has 0 aromatic heterocycles. The lowest BCUT2D eigenvalue weighted by Crippen LogP contribution is -2.28. The summed E-state index contributed by atoms with van der Waals surface area (Å²) in [7, 11) is 0. The molecule has 0 N–H and O–H groups in total. The van der Waals surface area contributed by atoms with Crippen molar-refractivity contribution < 1.29 is 27.6 Å². The molecule has 2 aliphatic heterocycles. The standard InChI is InChI=1S/C23H19F3N2O3S/c24-23(25,26)18-6-2-1-5-17(18)14-28-21(30)19(32-22(28)31)13-15-7-9-16(10-8-15)20(29)27-11-3-4-12-27/h1-2,5-10,13H,3-4,11-12,14H2/b19-13-. The number of rotatable bonds is 4. The third-order valence-corrected chi connectivity index (χ3v) is 6.28. The number of nitrogens with zero attached hydrogens (tertiary/aromatic N) is 2. The molecule has 2 saturated heterocycles. The van der Waals surface area contributed by atoms with Crippen molar-refractivity contribution in [1.82, 2.24) is 9.80 Å². The van der Waals surface area contributed by atoms with Crippen LogP contribution in [-0.2, 0) is 17.5 Å². The summed E-state index contributed by atoms with van der Waals surface area (Å²) in [5.74, 6) is -0.688. The molecular weight excluding hydrogens is 441 g/mol. The highest BCUT2D eigenvalue weighted by Gasteiger charge is 2.38. The molecule has 2 aromatic rings. The molecule has 4 rings (SSSR count). The Bertz CT molecular complexity index is 1090. The van der Waals surface area contributed by atoms with E-state index in [2.05, 4.69) is 0 Å². The van der Waals surface area contributed by atoms with Crippen LogP contribution >= 0.6 is 11.8 Å². The summed E-state index contributed by atoms with van der Waals surface area (Å²) in [6.45, 7) is 1.03. The summed E-state index contributed by atoms with van der Waals surface area (Å²) in [6.07, 6.45) is -1.09. The van der Waals surface area contributed by atoms with Gasteiger partial charge in [-0.05, 0) is 60.0 Å². The minimum Gasteiger partial charge on any atom is -0.339 e. The second-order valence-electron chi connectivity index (χ2n) is 7.54. The summed E-state index contributed by atoms with van der Waals surface area (Å²) < 4.78 is 39.7. The van der Waals surface area contributed by atoms with Gasteiger partial charge in [-0.2, -0.15) is 13.2 Å². The van der Waals surface area contributed by atoms with Gasteiger partial charge < -0.3 is 4.90 Å². The highest BCUT2D eigenvalue weighted by molar-refractivity contribution is 8.18. The normalized spacial score (nSPS) is 18.2. The van der Waals surface area contributed by atoms with Crippen molar-refractivity contribution in [3.63, 3.8) is 0 Å². The summed E-state index contributed by atoms with van der Waals surface area (Å²) in [4.78, 5) is 40.2. The van der Waals surface area contributed by atoms with Crippen molar-refractivity contribution in [3.05, 3.63) is 75.7 Å². The van der Waals surface area contributed by atoms with E-state index in [4.69, 9.17) is 0 Å². The number of carbonyl (C=O) groups excluding carboxylic acids is 3. The number of likely N-dealkylation sites (tertiary alicyclic amines) is 1. The van der Waals surface area contributed by atoms with Gasteiger partial charge in [0.25, 0.3) is 17.1 Å². The molecule has 5 nitrogen and oxygen atoms in total. The molecule has 9 heteroatoms. The largest absolute Gasteiger partial charge is 0.416 e. The molecule has 32 heavy (non-hydrogen) atoms. The molecule has 2 aliphatic rings. The van der Waals surface area contributed by atoms with E-state index in [0.29, 0.717) is 22.9 Å². The number of halogens is 3. The van der Waals surface area contributed by atoms with Crippen molar-refractivity contribution >= 4 is 34.9 Å². The van der Waals surface area contributed by atoms with Crippen LogP contribution in [0.5, 0.6) is 0 Å². The minimum absolute atomic E-state index is 0.0438. The number of hydrogen-bond acceptors (Lipinski definition) is 4. The van der Waals surface area contributed by atoms with Crippen LogP contribution in [0.4, 0.5) is 18.0 Å². The quantitative estimate of drug-likeness (QED) is 0.590. The molecule has 0 bridgehead atoms. The lowest BCUT2D eigenvalue weighted by Gasteiger charge is -2.17. The third-order valence-electron chi connectivity index (χ3n) is 5.37. The SMILES string of the molecule is O=C(c1ccc(/C=C2\SC(=O)N(Cc3ccccc3C(F)(F)F)C2=O)cc1)N1CCCC1. The van der Waals surface area contributed by atoms with Crippen LogP contribution in [0.2, 0.25) is 0 Å². The fraction of sp³-hybridized carbons (Fsp3) is 0.261. The fourth-order valence-corrected chi connectivity index (χ4v) is 4.56. The van der Waals surface area contributed by atoms with E-state index in [1.54, 1.807) is 29.2 Å². The summed E-state index contributed by atoms with van der Waals surface area (Å²) >= 11 is 0.682. The van der Waals surface area contributed by atoms with Crippen LogP contribution in [0.1, 0.15) is 39.9 Å². The van der Waals surface area contributed by atoms with E-state index in [1.807, 2.05) is 0 Å². The van der Waals surface area contributed by atoms with Crippen molar-refractivity contribution in [1.29, 1.82) is 0 Å². The van der Waals surface area contributed by atoms with Gasteiger partial charge >= 0.3 is 6.18 Å². The average molecular weight is 460 g/mol. The summed E-state index contributed by atoms with van der Waals surface area (Å²) in [5.41, 5.74) is 0.139. The Balaban J connectivity index is 1.50. The van der Waals surface area contributed by atoms with Crippen molar-refractivity contribution in [2.75, 3.05) is 13.1 Å². The summed E-state index contributed by atoms with van der Waals surface area (Å²) in [5, 5.41) is -0.626. The van der Waals surface area contributed by atoms with E-state index in [0.717, 1.165) is 36.9 Å². The lowest BCUT2D eigenvalue weighted by atomic mass is 10.1. The maximum absolute atomic E-state index is 13.2. The van der Waals surface area contributed by atoms with Crippen LogP contribution in [0, 0.1) is 0 Å². The molecule has 0 spiro atoms. The Morgan fingerprint density at radius 3 is 2.31 bits per heavy atom. The van der Waals surface area contributed by atoms with Crippen molar-refractivity contribution in [2.24, 2.45) is 0 Å². The maximum Gasteiger partial charge on any atom is 0.416 e. The Hall–Kier alpha value is -3.07. The third kappa shape index (κ3) is 4.57. The Morgan fingerprint density at radius 1 is 1.00 bits per heavy atom. The lowest BCUT2D eigenvalue weighted by molar-refractivity contribution is -0.139. The van der Waals surface area contributed by atoms with Gasteiger partial charge in [0.2, 0.25) is 0 Å². The maximum atomic E-state index is 13.2. The number of hydrogen-bond donors (Lipinski definition) is 0. The zero-order chi connectivity index (χ0) is 22.9. The van der Waals surface area contributed by atoms with Crippen LogP contribution in [-0.4, -0.2) is 39.9 Å². The number of thioether (sulfide) groups is 1. The van der Waals surface area contributed by atoms with E-state index in [-0.39, 0.29) is 16.4 Å². The van der Waals surface area contributed by atoms with Crippen molar-refractivity contribution in [3.8, 4) is 0 Å². The average Bonchev–Trinajstić information content (AvgIpc) is 3.38. The monoisotopic (exact) mass is 460 g/mol. The van der Waals surface area contributed by atoms with Crippen LogP contribution < -0.4 is 0 Å². The van der Waals surface area contributed by atoms with Gasteiger partial charge in [0, 0.05) is 18.7 Å². The van der Waals surface area contributed by atoms with Gasteiger partial charge in [-0.1, -0.05) is 30.3 Å². The van der Waals surface area contributed by atoms with Gasteiger partial charge in [0.1, 0.15) is 0 Å². The first-order valence-corrected chi connectivity index (χ1v) is 10.9. The molecule has 2 aromatic carbocycles. The first-order chi connectivity index (χ1) is 15.2. The summed E-state index contributed by atoms with van der Waals surface area (Å²) in [6, 6.07) is 11.6. The van der Waals surface area contributed by atoms with Crippen molar-refractivity contribution in [2.45, 2.75) is 25.6 Å². The first kappa shape index (κ1) is 22.1. The zero-order valence-corrected chi connectivity index (χ0v) is 17.7. The highest BCUT2D eigenvalue weighted by Crippen LogP contribution is 2.36. The number of alkyl halides is 3. The molecule has 0 unspecified atom stereocenters. The van der Waals surface area contributed by atoms with E-state index in [1.165, 1.54) is 24.3 Å². The topological polar surface area (TPSA) is 57.7 Å². The molecule has 2 fully saturated rings. The van der Waals surface area contributed by atoms with Crippen LogP contribution in [0.25, 0.3) is 6.08 Å². The molecule has 0 radical (unpaired) electrons. The smallest absolute Gasteiger partial charge is 0.339 e. The molecule has 0 saturated carbocycles. The minimum atomic E-state index is -4.58. The molecule has 166 valence electrons. The Morgan fingerprint density at radius 2 is 1.66 bits per heavy atom. The molecule has 3 amide bonds. The van der Waals surface area contributed by atoms with Gasteiger partial charge in [-0.25, -0.2) is 0 Å². The van der Waals surface area contributed by atoms with E-state index in [9.17, 15) is 27.6 Å². The molecule has 0 aliphatic carbocycles. The Labute approximate surface area is 186 Å². The highest BCUT2D eigenvalue weighted by atomic mass is 32.2. The fourth-order valence-electron chi connectivity index (χ4n) is 3.72. The second-order valence-corrected chi connectivity index (χ2v) is 8.54. The number of carbonyl (C=O) groups is 3. The number of imide groups is 1. The zero-order valence-electron chi connectivity index (χ0n) is 16.9. The molecule has 2 heterocycles. The second kappa shape index (κ2) is 8.82. The van der Waals surface area contributed by atoms with E-state index >= 15 is 0 Å². The molecule has 0 atom stereocenters. The van der Waals surface area contributed by atoms with Gasteiger partial charge in [-0.3, -0.25) is 19.3 Å². The predicted octanol–water partition coefficient (Wildman–Crippen LogP) is 5.18. The first-order valence-electron chi connectivity index (χ1n) is 10.0. The van der Waals surface area contributed by atoms with Gasteiger partial charge in [-0.15, -0.1) is 0 Å². The van der Waals surface area contributed by atoms with Crippen LogP contribution in [0.15, 0.2) is 53.4 Å². The molecular formula is C23H19F3N2O3S. The van der Waals surface area contributed by atoms with Crippen LogP contribution in [0.3, 0.4) is 0 Å².